The van der Waals surface area contributed by atoms with Gasteiger partial charge in [0.15, 0.2) is 0 Å². The first-order valence-corrected chi connectivity index (χ1v) is 8.09. The molecule has 106 valence electrons. The molecule has 1 unspecified atom stereocenters. The lowest BCUT2D eigenvalue weighted by Gasteiger charge is -2.24. The van der Waals surface area contributed by atoms with Gasteiger partial charge >= 0.3 is 0 Å². The first kappa shape index (κ1) is 14.7. The van der Waals surface area contributed by atoms with Gasteiger partial charge in [0.1, 0.15) is 4.90 Å². The van der Waals surface area contributed by atoms with Gasteiger partial charge < -0.3 is 0 Å². The number of sulfonamides is 1. The molecule has 0 aliphatic heterocycles. The van der Waals surface area contributed by atoms with Crippen LogP contribution in [0, 0.1) is 0 Å². The van der Waals surface area contributed by atoms with Crippen LogP contribution in [0.2, 0.25) is 5.02 Å². The molecule has 5 nitrogen and oxygen atoms in total. The lowest BCUT2D eigenvalue weighted by atomic mass is 10.3. The maximum absolute atomic E-state index is 12.1. The molecule has 0 bridgehead atoms. The first-order chi connectivity index (χ1) is 8.92. The second-order valence-electron chi connectivity index (χ2n) is 4.90. The van der Waals surface area contributed by atoms with Crippen molar-refractivity contribution in [3.63, 3.8) is 0 Å². The van der Waals surface area contributed by atoms with E-state index in [9.17, 15) is 8.42 Å². The van der Waals surface area contributed by atoms with E-state index >= 15 is 0 Å². The molecule has 1 aromatic heterocycles. The molecule has 1 N–H and O–H groups in total. The van der Waals surface area contributed by atoms with Crippen LogP contribution in [0.5, 0.6) is 0 Å². The number of hydrogen-bond acceptors (Lipinski definition) is 4. The Hall–Kier alpha value is -0.690. The van der Waals surface area contributed by atoms with E-state index in [1.165, 1.54) is 31.3 Å². The predicted molar refractivity (Wildman–Crippen MR) is 74.7 cm³/mol. The quantitative estimate of drug-likeness (QED) is 0.865. The Morgan fingerprint density at radius 3 is 2.84 bits per heavy atom. The molecule has 1 atom stereocenters. The van der Waals surface area contributed by atoms with E-state index in [0.717, 1.165) is 0 Å². The molecule has 0 amide bonds. The number of rotatable bonds is 6. The van der Waals surface area contributed by atoms with Crippen molar-refractivity contribution < 1.29 is 8.42 Å². The molecular formula is C12H18ClN3O2S. The molecule has 0 saturated heterocycles. The van der Waals surface area contributed by atoms with Gasteiger partial charge in [-0.3, -0.25) is 9.88 Å². The van der Waals surface area contributed by atoms with Gasteiger partial charge in [-0.25, -0.2) is 13.1 Å². The minimum Gasteiger partial charge on any atom is -0.299 e. The third-order valence-corrected chi connectivity index (χ3v) is 5.30. The number of likely N-dealkylation sites (N-methyl/N-ethyl adjacent to an activating group) is 1. The van der Waals surface area contributed by atoms with Gasteiger partial charge in [-0.05, 0) is 32.9 Å². The number of aromatic nitrogens is 1. The highest BCUT2D eigenvalue weighted by atomic mass is 35.5. The summed E-state index contributed by atoms with van der Waals surface area (Å²) in [6.07, 6.45) is 5.12. The van der Waals surface area contributed by atoms with Gasteiger partial charge in [0.25, 0.3) is 0 Å². The molecule has 2 rings (SSSR count). The van der Waals surface area contributed by atoms with Gasteiger partial charge in [0, 0.05) is 31.0 Å². The van der Waals surface area contributed by atoms with Crippen LogP contribution in [0.15, 0.2) is 23.4 Å². The van der Waals surface area contributed by atoms with E-state index in [4.69, 9.17) is 11.6 Å². The maximum atomic E-state index is 12.1. The maximum Gasteiger partial charge on any atom is 0.243 e. The molecule has 19 heavy (non-hydrogen) atoms. The molecule has 1 aliphatic carbocycles. The van der Waals surface area contributed by atoms with Gasteiger partial charge in [-0.2, -0.15) is 0 Å². The Labute approximate surface area is 119 Å². The van der Waals surface area contributed by atoms with Crippen molar-refractivity contribution in [3.8, 4) is 0 Å². The van der Waals surface area contributed by atoms with Crippen LogP contribution in [0.4, 0.5) is 0 Å². The summed E-state index contributed by atoms with van der Waals surface area (Å²) < 4.78 is 26.8. The number of nitrogens with zero attached hydrogens (tertiary/aromatic N) is 2. The number of nitrogens with one attached hydrogen (secondary N) is 1. The fourth-order valence-corrected chi connectivity index (χ4v) is 3.40. The van der Waals surface area contributed by atoms with Crippen molar-refractivity contribution in [3.05, 3.63) is 23.5 Å². The predicted octanol–water partition coefficient (Wildman–Crippen LogP) is 1.50. The van der Waals surface area contributed by atoms with E-state index in [1.54, 1.807) is 0 Å². The second-order valence-corrected chi connectivity index (χ2v) is 7.05. The summed E-state index contributed by atoms with van der Waals surface area (Å²) >= 11 is 5.88. The van der Waals surface area contributed by atoms with Crippen LogP contribution in [0.3, 0.4) is 0 Å². The molecule has 7 heteroatoms. The molecule has 0 aromatic carbocycles. The second kappa shape index (κ2) is 5.75. The summed E-state index contributed by atoms with van der Waals surface area (Å²) in [5.41, 5.74) is 0. The highest BCUT2D eigenvalue weighted by molar-refractivity contribution is 7.89. The summed E-state index contributed by atoms with van der Waals surface area (Å²) in [5, 5.41) is 0.186. The Morgan fingerprint density at radius 1 is 1.58 bits per heavy atom. The lowest BCUT2D eigenvalue weighted by molar-refractivity contribution is 0.248. The average Bonchev–Trinajstić information content (AvgIpc) is 3.19. The van der Waals surface area contributed by atoms with E-state index in [-0.39, 0.29) is 16.0 Å². The van der Waals surface area contributed by atoms with Gasteiger partial charge in [0.2, 0.25) is 10.0 Å². The van der Waals surface area contributed by atoms with Crippen LogP contribution in [0.1, 0.15) is 19.8 Å². The minimum absolute atomic E-state index is 0.0259. The molecule has 1 aromatic rings. The fraction of sp³-hybridized carbons (Fsp3) is 0.583. The Bertz CT molecular complexity index is 546. The minimum atomic E-state index is -3.60. The largest absolute Gasteiger partial charge is 0.299 e. The van der Waals surface area contributed by atoms with Gasteiger partial charge in [0.05, 0.1) is 5.02 Å². The number of halogens is 1. The van der Waals surface area contributed by atoms with Crippen molar-refractivity contribution in [2.45, 2.75) is 36.7 Å². The zero-order valence-electron chi connectivity index (χ0n) is 11.0. The van der Waals surface area contributed by atoms with Crippen LogP contribution in [-0.4, -0.2) is 44.0 Å². The highest BCUT2D eigenvalue weighted by Gasteiger charge is 2.29. The summed E-state index contributed by atoms with van der Waals surface area (Å²) in [6.45, 7) is 2.37. The lowest BCUT2D eigenvalue weighted by Crippen LogP contribution is -2.41. The van der Waals surface area contributed by atoms with E-state index in [2.05, 4.69) is 14.6 Å². The smallest absolute Gasteiger partial charge is 0.243 e. The van der Waals surface area contributed by atoms with Crippen LogP contribution in [-0.2, 0) is 10.0 Å². The van der Waals surface area contributed by atoms with Crippen molar-refractivity contribution in [1.29, 1.82) is 0 Å². The molecule has 1 heterocycles. The topological polar surface area (TPSA) is 62.3 Å². The Balaban J connectivity index is 2.00. The van der Waals surface area contributed by atoms with Crippen LogP contribution < -0.4 is 4.72 Å². The molecule has 1 aliphatic rings. The monoisotopic (exact) mass is 303 g/mol. The first-order valence-electron chi connectivity index (χ1n) is 6.23. The SMILES string of the molecule is CC(CNS(=O)(=O)c1cnccc1Cl)N(C)C1CC1. The normalized spacial score (nSPS) is 17.7. The van der Waals surface area contributed by atoms with Crippen molar-refractivity contribution in [2.24, 2.45) is 0 Å². The van der Waals surface area contributed by atoms with Crippen LogP contribution >= 0.6 is 11.6 Å². The van der Waals surface area contributed by atoms with Crippen LogP contribution in [0.25, 0.3) is 0 Å². The van der Waals surface area contributed by atoms with Crippen molar-refractivity contribution >= 4 is 21.6 Å². The zero-order chi connectivity index (χ0) is 14.0. The van der Waals surface area contributed by atoms with Crippen molar-refractivity contribution in [1.82, 2.24) is 14.6 Å². The Kier molecular flexibility index (Phi) is 4.45. The van der Waals surface area contributed by atoms with Gasteiger partial charge in [-0.1, -0.05) is 11.6 Å². The summed E-state index contributed by atoms with van der Waals surface area (Å²) in [7, 11) is -1.57. The van der Waals surface area contributed by atoms with E-state index < -0.39 is 10.0 Å². The molecule has 1 saturated carbocycles. The fourth-order valence-electron chi connectivity index (χ4n) is 1.85. The average molecular weight is 304 g/mol. The standard InChI is InChI=1S/C12H18ClN3O2S/c1-9(16(2)10-3-4-10)7-15-19(17,18)12-8-14-6-5-11(12)13/h5-6,8-10,15H,3-4,7H2,1-2H3. The van der Waals surface area contributed by atoms with E-state index in [1.807, 2.05) is 14.0 Å². The number of pyridine rings is 1. The molecule has 0 spiro atoms. The number of hydrogen-bond donors (Lipinski definition) is 1. The third kappa shape index (κ3) is 3.66. The summed E-state index contributed by atoms with van der Waals surface area (Å²) in [5.74, 6) is 0. The Morgan fingerprint density at radius 2 is 2.26 bits per heavy atom. The van der Waals surface area contributed by atoms with Crippen molar-refractivity contribution in [2.75, 3.05) is 13.6 Å². The molecule has 0 radical (unpaired) electrons. The highest BCUT2D eigenvalue weighted by Crippen LogP contribution is 2.27. The van der Waals surface area contributed by atoms with E-state index in [0.29, 0.717) is 12.6 Å². The third-order valence-electron chi connectivity index (χ3n) is 3.41. The summed E-state index contributed by atoms with van der Waals surface area (Å²) in [4.78, 5) is 6.03. The molecular weight excluding hydrogens is 286 g/mol. The summed E-state index contributed by atoms with van der Waals surface area (Å²) in [6, 6.07) is 2.22. The van der Waals surface area contributed by atoms with Gasteiger partial charge in [-0.15, -0.1) is 0 Å². The zero-order valence-corrected chi connectivity index (χ0v) is 12.6. The molecule has 1 fully saturated rings.